The lowest BCUT2D eigenvalue weighted by molar-refractivity contribution is -0.143. The van der Waals surface area contributed by atoms with Crippen molar-refractivity contribution in [2.75, 3.05) is 7.11 Å². The Bertz CT molecular complexity index is 425. The molecule has 4 nitrogen and oxygen atoms in total. The molecule has 0 bridgehead atoms. The highest BCUT2D eigenvalue weighted by Gasteiger charge is 2.33. The first-order valence-electron chi connectivity index (χ1n) is 5.51. The normalized spacial score (nSPS) is 14.5. The number of benzene rings is 1. The summed E-state index contributed by atoms with van der Waals surface area (Å²) in [4.78, 5) is 11.2. The smallest absolute Gasteiger partial charge is 0.328 e. The zero-order valence-electron chi connectivity index (χ0n) is 10.7. The molecule has 17 heavy (non-hydrogen) atoms. The van der Waals surface area contributed by atoms with E-state index in [1.54, 1.807) is 12.1 Å². The summed E-state index contributed by atoms with van der Waals surface area (Å²) in [6.45, 7) is 5.55. The molecule has 94 valence electrons. The first-order valence-corrected chi connectivity index (χ1v) is 5.51. The van der Waals surface area contributed by atoms with Crippen LogP contribution in [-0.4, -0.2) is 18.2 Å². The molecule has 0 aromatic heterocycles. The number of hydrogen-bond donors (Lipinski definition) is 2. The van der Waals surface area contributed by atoms with Gasteiger partial charge in [0.1, 0.15) is 11.3 Å². The van der Waals surface area contributed by atoms with E-state index in [-0.39, 0.29) is 0 Å². The predicted molar refractivity (Wildman–Crippen MR) is 66.3 cm³/mol. The standard InChI is InChI=1S/C13H19NO3/c1-8(2)9-5-6-11(17-4)10(7-9)13(3,14)12(15)16/h5-8H,14H2,1-4H3,(H,15,16). The molecule has 1 atom stereocenters. The maximum absolute atomic E-state index is 11.2. The Balaban J connectivity index is 3.38. The molecular formula is C13H19NO3. The highest BCUT2D eigenvalue weighted by atomic mass is 16.5. The quantitative estimate of drug-likeness (QED) is 0.841. The minimum absolute atomic E-state index is 0.309. The van der Waals surface area contributed by atoms with Gasteiger partial charge in [0, 0.05) is 5.56 Å². The maximum Gasteiger partial charge on any atom is 0.328 e. The molecule has 0 radical (unpaired) electrons. The van der Waals surface area contributed by atoms with E-state index >= 15 is 0 Å². The average Bonchev–Trinajstić information content (AvgIpc) is 2.27. The number of aliphatic carboxylic acids is 1. The molecule has 0 spiro atoms. The fourth-order valence-electron chi connectivity index (χ4n) is 1.61. The lowest BCUT2D eigenvalue weighted by atomic mass is 9.89. The Morgan fingerprint density at radius 2 is 2.06 bits per heavy atom. The molecule has 0 saturated carbocycles. The molecule has 3 N–H and O–H groups in total. The Morgan fingerprint density at radius 3 is 2.47 bits per heavy atom. The SMILES string of the molecule is COc1ccc(C(C)C)cc1C(C)(N)C(=O)O. The summed E-state index contributed by atoms with van der Waals surface area (Å²) in [5, 5.41) is 9.16. The number of methoxy groups -OCH3 is 1. The first-order chi connectivity index (χ1) is 7.80. The van der Waals surface area contributed by atoms with Crippen LogP contribution in [0, 0.1) is 0 Å². The fourth-order valence-corrected chi connectivity index (χ4v) is 1.61. The molecule has 0 aliphatic heterocycles. The molecule has 0 fully saturated rings. The van der Waals surface area contributed by atoms with E-state index in [2.05, 4.69) is 0 Å². The summed E-state index contributed by atoms with van der Waals surface area (Å²) in [5.74, 6) is -0.261. The second-order valence-electron chi connectivity index (χ2n) is 4.62. The number of nitrogens with two attached hydrogens (primary N) is 1. The lowest BCUT2D eigenvalue weighted by Crippen LogP contribution is -2.42. The number of ether oxygens (including phenoxy) is 1. The fraction of sp³-hybridized carbons (Fsp3) is 0.462. The van der Waals surface area contributed by atoms with Crippen LogP contribution in [0.3, 0.4) is 0 Å². The largest absolute Gasteiger partial charge is 0.496 e. The monoisotopic (exact) mass is 237 g/mol. The van der Waals surface area contributed by atoms with Crippen molar-refractivity contribution in [3.63, 3.8) is 0 Å². The van der Waals surface area contributed by atoms with Crippen LogP contribution in [0.25, 0.3) is 0 Å². The molecule has 1 rings (SSSR count). The van der Waals surface area contributed by atoms with Crippen molar-refractivity contribution in [2.24, 2.45) is 5.73 Å². The summed E-state index contributed by atoms with van der Waals surface area (Å²) in [6.07, 6.45) is 0. The summed E-state index contributed by atoms with van der Waals surface area (Å²) in [6, 6.07) is 5.49. The third kappa shape index (κ3) is 2.58. The second kappa shape index (κ2) is 4.75. The van der Waals surface area contributed by atoms with Crippen LogP contribution in [-0.2, 0) is 10.3 Å². The van der Waals surface area contributed by atoms with Crippen molar-refractivity contribution in [1.82, 2.24) is 0 Å². The molecule has 1 aromatic carbocycles. The zero-order valence-corrected chi connectivity index (χ0v) is 10.7. The van der Waals surface area contributed by atoms with Crippen LogP contribution < -0.4 is 10.5 Å². The zero-order chi connectivity index (χ0) is 13.2. The van der Waals surface area contributed by atoms with Crippen molar-refractivity contribution in [3.8, 4) is 5.75 Å². The Labute approximate surface area is 101 Å². The van der Waals surface area contributed by atoms with Crippen LogP contribution in [0.4, 0.5) is 0 Å². The number of hydrogen-bond acceptors (Lipinski definition) is 3. The van der Waals surface area contributed by atoms with Crippen molar-refractivity contribution >= 4 is 5.97 Å². The number of carbonyl (C=O) groups is 1. The molecule has 0 heterocycles. The van der Waals surface area contributed by atoms with Crippen LogP contribution in [0.2, 0.25) is 0 Å². The van der Waals surface area contributed by atoms with Crippen LogP contribution in [0.1, 0.15) is 37.8 Å². The highest BCUT2D eigenvalue weighted by Crippen LogP contribution is 2.31. The van der Waals surface area contributed by atoms with Crippen molar-refractivity contribution in [3.05, 3.63) is 29.3 Å². The van der Waals surface area contributed by atoms with Gasteiger partial charge in [-0.3, -0.25) is 0 Å². The molecule has 0 aliphatic carbocycles. The van der Waals surface area contributed by atoms with Gasteiger partial charge in [-0.2, -0.15) is 0 Å². The van der Waals surface area contributed by atoms with Gasteiger partial charge in [-0.1, -0.05) is 19.9 Å². The molecule has 1 unspecified atom stereocenters. The average molecular weight is 237 g/mol. The van der Waals surface area contributed by atoms with Crippen molar-refractivity contribution < 1.29 is 14.6 Å². The van der Waals surface area contributed by atoms with Crippen LogP contribution in [0.15, 0.2) is 18.2 Å². The third-order valence-corrected chi connectivity index (χ3v) is 2.89. The molecule has 4 heteroatoms. The first kappa shape index (κ1) is 13.5. The second-order valence-corrected chi connectivity index (χ2v) is 4.62. The Morgan fingerprint density at radius 1 is 1.47 bits per heavy atom. The van der Waals surface area contributed by atoms with E-state index in [0.29, 0.717) is 17.2 Å². The Hall–Kier alpha value is -1.55. The van der Waals surface area contributed by atoms with Gasteiger partial charge in [-0.25, -0.2) is 4.79 Å². The molecule has 0 amide bonds. The molecule has 0 aliphatic rings. The highest BCUT2D eigenvalue weighted by molar-refractivity contribution is 5.81. The minimum Gasteiger partial charge on any atom is -0.496 e. The van der Waals surface area contributed by atoms with Gasteiger partial charge in [0.15, 0.2) is 0 Å². The van der Waals surface area contributed by atoms with E-state index in [4.69, 9.17) is 15.6 Å². The molecule has 1 aromatic rings. The van der Waals surface area contributed by atoms with Crippen molar-refractivity contribution in [2.45, 2.75) is 32.2 Å². The van der Waals surface area contributed by atoms with Crippen molar-refractivity contribution in [1.29, 1.82) is 0 Å². The number of carboxylic acids is 1. The molecule has 0 saturated heterocycles. The van der Waals surface area contributed by atoms with Gasteiger partial charge < -0.3 is 15.6 Å². The summed E-state index contributed by atoms with van der Waals surface area (Å²) < 4.78 is 5.17. The van der Waals surface area contributed by atoms with Crippen LogP contribution in [0.5, 0.6) is 5.75 Å². The Kier molecular flexibility index (Phi) is 3.78. The summed E-state index contributed by atoms with van der Waals surface area (Å²) >= 11 is 0. The van der Waals surface area contributed by atoms with Crippen LogP contribution >= 0.6 is 0 Å². The van der Waals surface area contributed by atoms with E-state index < -0.39 is 11.5 Å². The van der Waals surface area contributed by atoms with E-state index in [0.717, 1.165) is 5.56 Å². The number of rotatable bonds is 4. The minimum atomic E-state index is -1.45. The van der Waals surface area contributed by atoms with E-state index in [9.17, 15) is 4.79 Å². The van der Waals surface area contributed by atoms with Gasteiger partial charge in [0.25, 0.3) is 0 Å². The van der Waals surface area contributed by atoms with Gasteiger partial charge >= 0.3 is 5.97 Å². The number of carboxylic acid groups (broad SMARTS) is 1. The van der Waals surface area contributed by atoms with E-state index in [1.165, 1.54) is 14.0 Å². The summed E-state index contributed by atoms with van der Waals surface area (Å²) in [5.41, 5.74) is 5.94. The molecular weight excluding hydrogens is 218 g/mol. The van der Waals surface area contributed by atoms with E-state index in [1.807, 2.05) is 19.9 Å². The van der Waals surface area contributed by atoms with Gasteiger partial charge in [0.05, 0.1) is 7.11 Å². The topological polar surface area (TPSA) is 72.5 Å². The lowest BCUT2D eigenvalue weighted by Gasteiger charge is -2.23. The maximum atomic E-state index is 11.2. The summed E-state index contributed by atoms with van der Waals surface area (Å²) in [7, 11) is 1.51. The van der Waals surface area contributed by atoms with Gasteiger partial charge in [0.2, 0.25) is 0 Å². The van der Waals surface area contributed by atoms with Gasteiger partial charge in [-0.05, 0) is 30.5 Å². The third-order valence-electron chi connectivity index (χ3n) is 2.89. The van der Waals surface area contributed by atoms with Gasteiger partial charge in [-0.15, -0.1) is 0 Å². The predicted octanol–water partition coefficient (Wildman–Crippen LogP) is 2.08.